The van der Waals surface area contributed by atoms with Gasteiger partial charge in [-0.2, -0.15) is 0 Å². The number of rotatable bonds is 3. The van der Waals surface area contributed by atoms with Crippen LogP contribution in [0.15, 0.2) is 6.20 Å². The van der Waals surface area contributed by atoms with Gasteiger partial charge in [0.05, 0.1) is 19.1 Å². The monoisotopic (exact) mass is 236 g/mol. The first-order chi connectivity index (χ1) is 8.16. The minimum Gasteiger partial charge on any atom is -0.481 e. The van der Waals surface area contributed by atoms with Crippen LogP contribution >= 0.6 is 0 Å². The molecule has 0 bridgehead atoms. The normalized spacial score (nSPS) is 17.0. The van der Waals surface area contributed by atoms with Gasteiger partial charge in [0.1, 0.15) is 5.82 Å². The molecule has 17 heavy (non-hydrogen) atoms. The SMILES string of the molecule is CC(Cc1ncc2c(n1)CCOCC2)C(=O)O. The van der Waals surface area contributed by atoms with Crippen LogP contribution in [0.25, 0.3) is 0 Å². The molecule has 1 atom stereocenters. The maximum Gasteiger partial charge on any atom is 0.306 e. The predicted octanol–water partition coefficient (Wildman–Crippen LogP) is 0.855. The molecule has 0 spiro atoms. The van der Waals surface area contributed by atoms with Crippen LogP contribution in [0.3, 0.4) is 0 Å². The van der Waals surface area contributed by atoms with Crippen molar-refractivity contribution in [2.24, 2.45) is 5.92 Å². The molecule has 5 nitrogen and oxygen atoms in total. The second-order valence-corrected chi connectivity index (χ2v) is 4.31. The third-order valence-electron chi connectivity index (χ3n) is 2.91. The smallest absolute Gasteiger partial charge is 0.306 e. The lowest BCUT2D eigenvalue weighted by Crippen LogP contribution is -2.15. The summed E-state index contributed by atoms with van der Waals surface area (Å²) in [4.78, 5) is 19.4. The molecule has 2 heterocycles. The summed E-state index contributed by atoms with van der Waals surface area (Å²) in [5, 5.41) is 8.85. The molecule has 0 radical (unpaired) electrons. The molecule has 0 aliphatic carbocycles. The van der Waals surface area contributed by atoms with Gasteiger partial charge < -0.3 is 9.84 Å². The van der Waals surface area contributed by atoms with E-state index in [1.165, 1.54) is 0 Å². The van der Waals surface area contributed by atoms with Crippen molar-refractivity contribution in [3.8, 4) is 0 Å². The Balaban J connectivity index is 2.15. The Morgan fingerprint density at radius 3 is 3.06 bits per heavy atom. The Labute approximate surface area is 99.9 Å². The highest BCUT2D eigenvalue weighted by atomic mass is 16.5. The Hall–Kier alpha value is -1.49. The van der Waals surface area contributed by atoms with Crippen LogP contribution in [0, 0.1) is 5.92 Å². The van der Waals surface area contributed by atoms with Gasteiger partial charge in [0.2, 0.25) is 0 Å². The van der Waals surface area contributed by atoms with Gasteiger partial charge in [0.25, 0.3) is 0 Å². The van der Waals surface area contributed by atoms with E-state index in [9.17, 15) is 4.79 Å². The highest BCUT2D eigenvalue weighted by Gasteiger charge is 2.16. The van der Waals surface area contributed by atoms with Crippen molar-refractivity contribution in [1.82, 2.24) is 9.97 Å². The number of hydrogen-bond donors (Lipinski definition) is 1. The lowest BCUT2D eigenvalue weighted by molar-refractivity contribution is -0.141. The minimum atomic E-state index is -0.813. The first-order valence-corrected chi connectivity index (χ1v) is 5.81. The number of carboxylic acid groups (broad SMARTS) is 1. The van der Waals surface area contributed by atoms with Crippen molar-refractivity contribution in [2.45, 2.75) is 26.2 Å². The molecule has 5 heteroatoms. The van der Waals surface area contributed by atoms with Crippen LogP contribution in [-0.4, -0.2) is 34.3 Å². The highest BCUT2D eigenvalue weighted by Crippen LogP contribution is 2.13. The molecule has 1 aliphatic rings. The Morgan fingerprint density at radius 1 is 1.53 bits per heavy atom. The van der Waals surface area contributed by atoms with Gasteiger partial charge in [-0.1, -0.05) is 6.92 Å². The maximum atomic E-state index is 10.8. The number of carbonyl (C=O) groups is 1. The fourth-order valence-electron chi connectivity index (χ4n) is 1.82. The molecule has 0 saturated carbocycles. The zero-order chi connectivity index (χ0) is 12.3. The van der Waals surface area contributed by atoms with E-state index in [0.717, 1.165) is 24.1 Å². The molecule has 0 aromatic carbocycles. The Kier molecular flexibility index (Phi) is 3.68. The highest BCUT2D eigenvalue weighted by molar-refractivity contribution is 5.69. The molecule has 1 aromatic heterocycles. The summed E-state index contributed by atoms with van der Waals surface area (Å²) in [5.41, 5.74) is 2.12. The van der Waals surface area contributed by atoms with Crippen LogP contribution in [0.1, 0.15) is 24.0 Å². The zero-order valence-electron chi connectivity index (χ0n) is 9.85. The summed E-state index contributed by atoms with van der Waals surface area (Å²) in [6, 6.07) is 0. The average Bonchev–Trinajstić information content (AvgIpc) is 2.53. The van der Waals surface area contributed by atoms with Gasteiger partial charge >= 0.3 is 5.97 Å². The van der Waals surface area contributed by atoms with Crippen molar-refractivity contribution in [2.75, 3.05) is 13.2 Å². The van der Waals surface area contributed by atoms with Crippen LogP contribution in [0.4, 0.5) is 0 Å². The summed E-state index contributed by atoms with van der Waals surface area (Å²) in [7, 11) is 0. The quantitative estimate of drug-likeness (QED) is 0.842. The fraction of sp³-hybridized carbons (Fsp3) is 0.583. The second-order valence-electron chi connectivity index (χ2n) is 4.31. The zero-order valence-corrected chi connectivity index (χ0v) is 9.85. The minimum absolute atomic E-state index is 0.378. The molecule has 1 aromatic rings. The van der Waals surface area contributed by atoms with Crippen molar-refractivity contribution >= 4 is 5.97 Å². The number of aliphatic carboxylic acids is 1. The Morgan fingerprint density at radius 2 is 2.29 bits per heavy atom. The molecule has 0 fully saturated rings. The lowest BCUT2D eigenvalue weighted by atomic mass is 10.1. The number of carboxylic acids is 1. The largest absolute Gasteiger partial charge is 0.481 e. The molecule has 1 N–H and O–H groups in total. The van der Waals surface area contributed by atoms with Crippen LogP contribution in [0.5, 0.6) is 0 Å². The van der Waals surface area contributed by atoms with E-state index < -0.39 is 11.9 Å². The summed E-state index contributed by atoms with van der Waals surface area (Å²) in [6.45, 7) is 3.06. The number of ether oxygens (including phenoxy) is 1. The van der Waals surface area contributed by atoms with Gasteiger partial charge in [-0.3, -0.25) is 4.79 Å². The summed E-state index contributed by atoms with van der Waals surface area (Å²) in [6.07, 6.45) is 3.81. The first-order valence-electron chi connectivity index (χ1n) is 5.81. The van der Waals surface area contributed by atoms with Crippen molar-refractivity contribution in [3.05, 3.63) is 23.3 Å². The van der Waals surface area contributed by atoms with Gasteiger partial charge in [0.15, 0.2) is 0 Å². The average molecular weight is 236 g/mol. The summed E-state index contributed by atoms with van der Waals surface area (Å²) in [5.74, 6) is -0.650. The van der Waals surface area contributed by atoms with Crippen LogP contribution < -0.4 is 0 Å². The molecular formula is C12H16N2O3. The molecular weight excluding hydrogens is 220 g/mol. The number of nitrogens with zero attached hydrogens (tertiary/aromatic N) is 2. The standard InChI is InChI=1S/C12H16N2O3/c1-8(12(15)16)6-11-13-7-9-2-4-17-5-3-10(9)14-11/h7-8H,2-6H2,1H3,(H,15,16). The number of aromatic nitrogens is 2. The van der Waals surface area contributed by atoms with Crippen LogP contribution in [-0.2, 0) is 28.8 Å². The molecule has 2 rings (SSSR count). The first kappa shape index (κ1) is 12.0. The van der Waals surface area contributed by atoms with E-state index in [0.29, 0.717) is 25.5 Å². The Bertz CT molecular complexity index is 420. The molecule has 1 aliphatic heterocycles. The molecule has 0 saturated heterocycles. The van der Waals surface area contributed by atoms with E-state index in [1.54, 1.807) is 13.1 Å². The van der Waals surface area contributed by atoms with E-state index >= 15 is 0 Å². The van der Waals surface area contributed by atoms with Gasteiger partial charge in [-0.05, 0) is 12.0 Å². The van der Waals surface area contributed by atoms with Gasteiger partial charge in [-0.25, -0.2) is 9.97 Å². The van der Waals surface area contributed by atoms with Gasteiger partial charge in [0, 0.05) is 24.7 Å². The molecule has 92 valence electrons. The molecule has 1 unspecified atom stereocenters. The maximum absolute atomic E-state index is 10.8. The van der Waals surface area contributed by atoms with E-state index in [4.69, 9.17) is 9.84 Å². The topological polar surface area (TPSA) is 72.3 Å². The van der Waals surface area contributed by atoms with Crippen molar-refractivity contribution in [3.63, 3.8) is 0 Å². The third-order valence-corrected chi connectivity index (χ3v) is 2.91. The van der Waals surface area contributed by atoms with Crippen LogP contribution in [0.2, 0.25) is 0 Å². The number of hydrogen-bond acceptors (Lipinski definition) is 4. The predicted molar refractivity (Wildman–Crippen MR) is 60.8 cm³/mol. The van der Waals surface area contributed by atoms with Crippen molar-refractivity contribution in [1.29, 1.82) is 0 Å². The van der Waals surface area contributed by atoms with Gasteiger partial charge in [-0.15, -0.1) is 0 Å². The number of fused-ring (bicyclic) bond motifs is 1. The van der Waals surface area contributed by atoms with E-state index in [1.807, 2.05) is 0 Å². The van der Waals surface area contributed by atoms with E-state index in [-0.39, 0.29) is 0 Å². The van der Waals surface area contributed by atoms with Crippen molar-refractivity contribution < 1.29 is 14.6 Å². The second kappa shape index (κ2) is 5.23. The third kappa shape index (κ3) is 3.00. The lowest BCUT2D eigenvalue weighted by Gasteiger charge is -2.08. The van der Waals surface area contributed by atoms with E-state index in [2.05, 4.69) is 9.97 Å². The molecule has 0 amide bonds. The fourth-order valence-corrected chi connectivity index (χ4v) is 1.82. The summed E-state index contributed by atoms with van der Waals surface area (Å²) < 4.78 is 5.37. The summed E-state index contributed by atoms with van der Waals surface area (Å²) >= 11 is 0.